The highest BCUT2D eigenvalue weighted by molar-refractivity contribution is 7.07. The number of nitriles is 1. The van der Waals surface area contributed by atoms with Gasteiger partial charge in [0.25, 0.3) is 11.5 Å². The van der Waals surface area contributed by atoms with E-state index in [4.69, 9.17) is 15.2 Å². The van der Waals surface area contributed by atoms with Crippen molar-refractivity contribution in [2.75, 3.05) is 27.3 Å². The number of fused-ring (bicyclic) bond motifs is 1. The maximum atomic E-state index is 13.9. The van der Waals surface area contributed by atoms with Crippen molar-refractivity contribution in [3.05, 3.63) is 84.8 Å². The summed E-state index contributed by atoms with van der Waals surface area (Å²) in [5, 5.41) is 10.2. The molecule has 0 radical (unpaired) electrons. The van der Waals surface area contributed by atoms with E-state index in [1.807, 2.05) is 38.1 Å². The van der Waals surface area contributed by atoms with Gasteiger partial charge in [-0.25, -0.2) is 0 Å². The number of amides is 1. The van der Waals surface area contributed by atoms with E-state index in [1.54, 1.807) is 49.5 Å². The number of hydrogen-bond donors (Lipinski definition) is 1. The molecule has 4 rings (SSSR count). The van der Waals surface area contributed by atoms with Gasteiger partial charge in [0.15, 0.2) is 0 Å². The van der Waals surface area contributed by atoms with Crippen LogP contribution in [0.2, 0.25) is 0 Å². The SMILES string of the molecule is CCN(CC)C(=O)C1=c2s/c(=C/c3ccc(OC)cc3)c(=O)n2C(N)=C(C#N)C1c1ccc(OC)cc1. The van der Waals surface area contributed by atoms with Crippen LogP contribution in [0.3, 0.4) is 0 Å². The fourth-order valence-electron chi connectivity index (χ4n) is 4.42. The Balaban J connectivity index is 2.06. The number of ether oxygens (including phenoxy) is 2. The number of carbonyl (C=O) groups excluding carboxylic acids is 1. The third kappa shape index (κ3) is 4.63. The standard InChI is InChI=1S/C28H28N4O4S/c1-5-31(6-2)27(34)24-23(18-9-13-20(36-4)14-10-18)21(16-29)25(30)32-26(33)22(37-28(24)32)15-17-7-11-19(35-3)12-8-17/h7-15,23H,5-6,30H2,1-4H3/b22-15+. The number of hydrogen-bond acceptors (Lipinski definition) is 7. The van der Waals surface area contributed by atoms with Gasteiger partial charge in [-0.15, -0.1) is 11.3 Å². The van der Waals surface area contributed by atoms with Crippen LogP contribution >= 0.6 is 11.3 Å². The Hall–Kier alpha value is -4.29. The number of carbonyl (C=O) groups is 1. The summed E-state index contributed by atoms with van der Waals surface area (Å²) in [6.07, 6.45) is 1.75. The second-order valence-corrected chi connectivity index (χ2v) is 9.37. The molecule has 1 aliphatic rings. The lowest BCUT2D eigenvalue weighted by atomic mass is 9.83. The predicted octanol–water partition coefficient (Wildman–Crippen LogP) is 2.22. The molecule has 2 aromatic carbocycles. The zero-order chi connectivity index (χ0) is 26.7. The molecule has 1 unspecified atom stereocenters. The first-order valence-electron chi connectivity index (χ1n) is 11.8. The Kier molecular flexibility index (Phi) is 7.50. The number of rotatable bonds is 7. The van der Waals surface area contributed by atoms with Gasteiger partial charge in [-0.3, -0.25) is 14.2 Å². The molecule has 9 heteroatoms. The zero-order valence-corrected chi connectivity index (χ0v) is 22.0. The summed E-state index contributed by atoms with van der Waals surface area (Å²) in [4.78, 5) is 29.1. The monoisotopic (exact) mass is 516 g/mol. The van der Waals surface area contributed by atoms with Crippen molar-refractivity contribution >= 4 is 34.7 Å². The quantitative estimate of drug-likeness (QED) is 0.516. The molecular weight excluding hydrogens is 488 g/mol. The number of benzene rings is 2. The predicted molar refractivity (Wildman–Crippen MR) is 144 cm³/mol. The van der Waals surface area contributed by atoms with E-state index in [2.05, 4.69) is 6.07 Å². The van der Waals surface area contributed by atoms with Crippen LogP contribution in [0.5, 0.6) is 11.5 Å². The van der Waals surface area contributed by atoms with Crippen LogP contribution in [0.15, 0.2) is 58.9 Å². The van der Waals surface area contributed by atoms with Gasteiger partial charge in [-0.05, 0) is 55.3 Å². The van der Waals surface area contributed by atoms with Crippen molar-refractivity contribution in [1.29, 1.82) is 5.26 Å². The second kappa shape index (κ2) is 10.8. The lowest BCUT2D eigenvalue weighted by Crippen LogP contribution is -2.43. The van der Waals surface area contributed by atoms with Crippen LogP contribution in [-0.4, -0.2) is 42.7 Å². The topological polar surface area (TPSA) is 111 Å². The molecule has 1 aromatic heterocycles. The van der Waals surface area contributed by atoms with Gasteiger partial charge in [0, 0.05) is 13.1 Å². The minimum atomic E-state index is -0.726. The van der Waals surface area contributed by atoms with Crippen LogP contribution < -0.4 is 30.0 Å². The van der Waals surface area contributed by atoms with Crippen LogP contribution in [0.25, 0.3) is 17.5 Å². The van der Waals surface area contributed by atoms with Gasteiger partial charge in [0.2, 0.25) is 0 Å². The Morgan fingerprint density at radius 3 is 2.16 bits per heavy atom. The van der Waals surface area contributed by atoms with Crippen molar-refractivity contribution in [1.82, 2.24) is 9.47 Å². The molecule has 37 heavy (non-hydrogen) atoms. The summed E-state index contributed by atoms with van der Waals surface area (Å²) in [5.74, 6) is 0.419. The highest BCUT2D eigenvalue weighted by Gasteiger charge is 2.36. The van der Waals surface area contributed by atoms with Crippen molar-refractivity contribution in [3.63, 3.8) is 0 Å². The summed E-state index contributed by atoms with van der Waals surface area (Å²) < 4.78 is 12.6. The summed E-state index contributed by atoms with van der Waals surface area (Å²) in [5.41, 5.74) is 8.11. The number of aromatic nitrogens is 1. The van der Waals surface area contributed by atoms with Gasteiger partial charge in [0.1, 0.15) is 22.0 Å². The maximum absolute atomic E-state index is 13.9. The van der Waals surface area contributed by atoms with E-state index in [9.17, 15) is 14.9 Å². The molecule has 2 heterocycles. The van der Waals surface area contributed by atoms with Crippen molar-refractivity contribution in [2.45, 2.75) is 19.8 Å². The van der Waals surface area contributed by atoms with Crippen LogP contribution in [0, 0.1) is 11.3 Å². The maximum Gasteiger partial charge on any atom is 0.274 e. The summed E-state index contributed by atoms with van der Waals surface area (Å²) in [7, 11) is 3.16. The fraction of sp³-hybridized carbons (Fsp3) is 0.250. The smallest absolute Gasteiger partial charge is 0.274 e. The van der Waals surface area contributed by atoms with Gasteiger partial charge in [-0.2, -0.15) is 5.26 Å². The third-order valence-corrected chi connectivity index (χ3v) is 7.52. The molecule has 0 saturated carbocycles. The van der Waals surface area contributed by atoms with E-state index in [1.165, 1.54) is 15.9 Å². The molecule has 1 aliphatic heterocycles. The average Bonchev–Trinajstić information content (AvgIpc) is 3.25. The number of allylic oxidation sites excluding steroid dienone is 1. The molecule has 0 fully saturated rings. The molecule has 1 atom stereocenters. The van der Waals surface area contributed by atoms with Gasteiger partial charge in [0.05, 0.1) is 41.9 Å². The zero-order valence-electron chi connectivity index (χ0n) is 21.1. The van der Waals surface area contributed by atoms with Crippen LogP contribution in [0.4, 0.5) is 0 Å². The molecule has 2 N–H and O–H groups in total. The molecule has 0 spiro atoms. The van der Waals surface area contributed by atoms with E-state index < -0.39 is 5.92 Å². The summed E-state index contributed by atoms with van der Waals surface area (Å²) in [6, 6.07) is 16.7. The first-order valence-corrected chi connectivity index (χ1v) is 12.6. The molecule has 0 bridgehead atoms. The Morgan fingerprint density at radius 2 is 1.65 bits per heavy atom. The second-order valence-electron chi connectivity index (χ2n) is 8.34. The van der Waals surface area contributed by atoms with Gasteiger partial charge >= 0.3 is 0 Å². The lowest BCUT2D eigenvalue weighted by Gasteiger charge is -2.29. The molecule has 3 aromatic rings. The van der Waals surface area contributed by atoms with E-state index in [-0.39, 0.29) is 22.9 Å². The van der Waals surface area contributed by atoms with E-state index >= 15 is 0 Å². The van der Waals surface area contributed by atoms with Gasteiger partial charge in [-0.1, -0.05) is 24.3 Å². The third-order valence-electron chi connectivity index (χ3n) is 6.41. The van der Waals surface area contributed by atoms with Crippen LogP contribution in [-0.2, 0) is 4.79 Å². The Bertz CT molecular complexity index is 1570. The van der Waals surface area contributed by atoms with Crippen molar-refractivity contribution in [2.24, 2.45) is 5.73 Å². The normalized spacial score (nSPS) is 15.3. The summed E-state index contributed by atoms with van der Waals surface area (Å²) >= 11 is 1.19. The lowest BCUT2D eigenvalue weighted by molar-refractivity contribution is -0.125. The van der Waals surface area contributed by atoms with Gasteiger partial charge < -0.3 is 20.1 Å². The Labute approximate surface area is 218 Å². The molecular formula is C28H28N4O4S. The molecule has 0 aliphatic carbocycles. The largest absolute Gasteiger partial charge is 0.497 e. The Morgan fingerprint density at radius 1 is 1.08 bits per heavy atom. The average molecular weight is 517 g/mol. The first kappa shape index (κ1) is 25.8. The minimum Gasteiger partial charge on any atom is -0.497 e. The fourth-order valence-corrected chi connectivity index (χ4v) is 5.59. The number of nitrogens with two attached hydrogens (primary N) is 1. The number of nitrogens with zero attached hydrogens (tertiary/aromatic N) is 3. The highest BCUT2D eigenvalue weighted by atomic mass is 32.1. The van der Waals surface area contributed by atoms with E-state index in [0.29, 0.717) is 44.9 Å². The summed E-state index contributed by atoms with van der Waals surface area (Å²) in [6.45, 7) is 4.76. The van der Waals surface area contributed by atoms with Crippen molar-refractivity contribution in [3.8, 4) is 17.6 Å². The van der Waals surface area contributed by atoms with E-state index in [0.717, 1.165) is 5.56 Å². The number of thiazole rings is 1. The number of methoxy groups -OCH3 is 2. The van der Waals surface area contributed by atoms with Crippen molar-refractivity contribution < 1.29 is 14.3 Å². The molecule has 1 amide bonds. The first-order chi connectivity index (χ1) is 17.9. The molecule has 8 nitrogen and oxygen atoms in total. The molecule has 0 saturated heterocycles. The highest BCUT2D eigenvalue weighted by Crippen LogP contribution is 2.37. The minimum absolute atomic E-state index is 0.0324. The van der Waals surface area contributed by atoms with Crippen LogP contribution in [0.1, 0.15) is 30.9 Å². The molecule has 190 valence electrons.